The predicted octanol–water partition coefficient (Wildman–Crippen LogP) is 2.54. The summed E-state index contributed by atoms with van der Waals surface area (Å²) in [5.41, 5.74) is 1.31. The quantitative estimate of drug-likeness (QED) is 0.835. The molecular formula is C11H14BrNOS. The van der Waals surface area contributed by atoms with Gasteiger partial charge in [0.05, 0.1) is 3.79 Å². The molecular weight excluding hydrogens is 274 g/mol. The summed E-state index contributed by atoms with van der Waals surface area (Å²) in [6.45, 7) is 1.16. The van der Waals surface area contributed by atoms with Crippen LogP contribution in [-0.4, -0.2) is 17.8 Å². The first-order chi connectivity index (χ1) is 7.28. The van der Waals surface area contributed by atoms with Crippen molar-refractivity contribution in [2.24, 2.45) is 5.92 Å². The van der Waals surface area contributed by atoms with E-state index in [-0.39, 0.29) is 6.61 Å². The molecule has 1 aliphatic carbocycles. The highest BCUT2D eigenvalue weighted by Crippen LogP contribution is 2.21. The Morgan fingerprint density at radius 2 is 2.40 bits per heavy atom. The Hall–Kier alpha value is -0.160. The van der Waals surface area contributed by atoms with Gasteiger partial charge in [0, 0.05) is 25.1 Å². The van der Waals surface area contributed by atoms with E-state index in [1.54, 1.807) is 11.3 Å². The minimum absolute atomic E-state index is 0.263. The zero-order valence-corrected chi connectivity index (χ0v) is 10.7. The van der Waals surface area contributed by atoms with Gasteiger partial charge in [-0.1, -0.05) is 12.2 Å². The molecule has 0 aromatic carbocycles. The molecule has 0 aliphatic heterocycles. The number of rotatable bonds is 4. The van der Waals surface area contributed by atoms with Crippen molar-refractivity contribution in [3.63, 3.8) is 0 Å². The molecule has 1 heterocycles. The maximum Gasteiger partial charge on any atom is 0.0701 e. The molecule has 0 radical (unpaired) electrons. The van der Waals surface area contributed by atoms with Crippen molar-refractivity contribution in [3.8, 4) is 0 Å². The lowest BCUT2D eigenvalue weighted by molar-refractivity contribution is 0.246. The van der Waals surface area contributed by atoms with Gasteiger partial charge >= 0.3 is 0 Å². The number of aliphatic hydroxyl groups is 1. The molecule has 0 fully saturated rings. The number of halogens is 1. The van der Waals surface area contributed by atoms with Gasteiger partial charge in [-0.3, -0.25) is 0 Å². The van der Waals surface area contributed by atoms with E-state index in [4.69, 9.17) is 5.11 Å². The summed E-state index contributed by atoms with van der Waals surface area (Å²) in [6, 6.07) is 2.56. The van der Waals surface area contributed by atoms with Crippen LogP contribution in [0.15, 0.2) is 27.4 Å². The highest BCUT2D eigenvalue weighted by molar-refractivity contribution is 9.11. The van der Waals surface area contributed by atoms with Gasteiger partial charge in [-0.2, -0.15) is 0 Å². The van der Waals surface area contributed by atoms with E-state index in [1.807, 2.05) is 0 Å². The molecule has 0 bridgehead atoms. The average molecular weight is 288 g/mol. The smallest absolute Gasteiger partial charge is 0.0701 e. The first kappa shape index (κ1) is 11.3. The second-order valence-corrected chi connectivity index (χ2v) is 6.10. The predicted molar refractivity (Wildman–Crippen MR) is 67.0 cm³/mol. The first-order valence-electron chi connectivity index (χ1n) is 5.03. The zero-order valence-electron chi connectivity index (χ0n) is 8.32. The van der Waals surface area contributed by atoms with Gasteiger partial charge < -0.3 is 10.4 Å². The van der Waals surface area contributed by atoms with Crippen molar-refractivity contribution >= 4 is 27.3 Å². The molecule has 0 spiro atoms. The third-order valence-corrected chi connectivity index (χ3v) is 4.15. The van der Waals surface area contributed by atoms with Gasteiger partial charge in [0.2, 0.25) is 0 Å². The number of nitrogens with one attached hydrogen (secondary N) is 1. The number of hydrogen-bond acceptors (Lipinski definition) is 3. The molecule has 1 aliphatic rings. The second-order valence-electron chi connectivity index (χ2n) is 3.81. The Kier molecular flexibility index (Phi) is 3.97. The van der Waals surface area contributed by atoms with E-state index in [1.165, 1.54) is 9.35 Å². The van der Waals surface area contributed by atoms with Crippen LogP contribution in [0, 0.1) is 5.92 Å². The van der Waals surface area contributed by atoms with E-state index in [0.717, 1.165) is 13.0 Å². The van der Waals surface area contributed by atoms with Crippen molar-refractivity contribution in [1.82, 2.24) is 5.32 Å². The van der Waals surface area contributed by atoms with Crippen LogP contribution >= 0.6 is 27.3 Å². The lowest BCUT2D eigenvalue weighted by Gasteiger charge is -2.11. The first-order valence-corrected chi connectivity index (χ1v) is 6.70. The number of aliphatic hydroxyl groups excluding tert-OH is 1. The summed E-state index contributed by atoms with van der Waals surface area (Å²) in [5, 5.41) is 14.6. The zero-order chi connectivity index (χ0) is 10.7. The van der Waals surface area contributed by atoms with Crippen molar-refractivity contribution in [2.75, 3.05) is 6.61 Å². The molecule has 15 heavy (non-hydrogen) atoms. The van der Waals surface area contributed by atoms with Crippen LogP contribution in [-0.2, 0) is 6.54 Å². The van der Waals surface area contributed by atoms with Crippen LogP contribution in [0.5, 0.6) is 0 Å². The van der Waals surface area contributed by atoms with E-state index in [2.05, 4.69) is 44.8 Å². The Balaban J connectivity index is 1.78. The molecule has 1 aromatic rings. The lowest BCUT2D eigenvalue weighted by Crippen LogP contribution is -2.25. The summed E-state index contributed by atoms with van der Waals surface area (Å²) < 4.78 is 1.18. The van der Waals surface area contributed by atoms with E-state index in [9.17, 15) is 0 Å². The van der Waals surface area contributed by atoms with Gasteiger partial charge in [0.15, 0.2) is 0 Å². The van der Waals surface area contributed by atoms with Crippen LogP contribution in [0.3, 0.4) is 0 Å². The Labute approximate surface area is 102 Å². The summed E-state index contributed by atoms with van der Waals surface area (Å²) in [6.07, 6.45) is 5.27. The van der Waals surface area contributed by atoms with Crippen LogP contribution in [0.4, 0.5) is 0 Å². The Morgan fingerprint density at radius 1 is 1.53 bits per heavy atom. The van der Waals surface area contributed by atoms with Crippen molar-refractivity contribution in [3.05, 3.63) is 32.9 Å². The van der Waals surface area contributed by atoms with E-state index >= 15 is 0 Å². The molecule has 4 heteroatoms. The monoisotopic (exact) mass is 287 g/mol. The van der Waals surface area contributed by atoms with Gasteiger partial charge in [-0.05, 0) is 39.4 Å². The second kappa shape index (κ2) is 5.25. The Bertz CT molecular complexity index is 350. The summed E-state index contributed by atoms with van der Waals surface area (Å²) >= 11 is 5.16. The molecule has 0 amide bonds. The molecule has 2 N–H and O–H groups in total. The van der Waals surface area contributed by atoms with Crippen molar-refractivity contribution in [1.29, 1.82) is 0 Å². The van der Waals surface area contributed by atoms with Crippen molar-refractivity contribution in [2.45, 2.75) is 19.0 Å². The third-order valence-electron chi connectivity index (χ3n) is 2.60. The summed E-state index contributed by atoms with van der Waals surface area (Å²) in [7, 11) is 0. The molecule has 0 saturated carbocycles. The molecule has 1 aromatic heterocycles. The van der Waals surface area contributed by atoms with Crippen LogP contribution in [0.25, 0.3) is 0 Å². The SMILES string of the molecule is OC[C@H]1C=C[C@@H](NCc2csc(Br)c2)C1. The topological polar surface area (TPSA) is 32.3 Å². The largest absolute Gasteiger partial charge is 0.396 e. The van der Waals surface area contributed by atoms with Gasteiger partial charge in [0.25, 0.3) is 0 Å². The highest BCUT2D eigenvalue weighted by Gasteiger charge is 2.17. The van der Waals surface area contributed by atoms with Crippen molar-refractivity contribution < 1.29 is 5.11 Å². The normalized spacial score (nSPS) is 24.9. The van der Waals surface area contributed by atoms with E-state index in [0.29, 0.717) is 12.0 Å². The molecule has 0 unspecified atom stereocenters. The molecule has 2 rings (SSSR count). The van der Waals surface area contributed by atoms with Crippen LogP contribution < -0.4 is 5.32 Å². The minimum atomic E-state index is 0.263. The molecule has 2 atom stereocenters. The Morgan fingerprint density at radius 3 is 3.00 bits per heavy atom. The van der Waals surface area contributed by atoms with Gasteiger partial charge in [-0.15, -0.1) is 11.3 Å². The molecule has 2 nitrogen and oxygen atoms in total. The maximum atomic E-state index is 8.99. The highest BCUT2D eigenvalue weighted by atomic mass is 79.9. The number of thiophene rings is 1. The third kappa shape index (κ3) is 3.14. The van der Waals surface area contributed by atoms with Crippen LogP contribution in [0.1, 0.15) is 12.0 Å². The summed E-state index contributed by atoms with van der Waals surface area (Å²) in [5.74, 6) is 0.344. The minimum Gasteiger partial charge on any atom is -0.396 e. The summed E-state index contributed by atoms with van der Waals surface area (Å²) in [4.78, 5) is 0. The van der Waals surface area contributed by atoms with Crippen LogP contribution in [0.2, 0.25) is 0 Å². The molecule has 82 valence electrons. The van der Waals surface area contributed by atoms with E-state index < -0.39 is 0 Å². The standard InChI is InChI=1S/C11H14BrNOS/c12-11-4-9(7-15-11)5-13-10-2-1-8(3-10)6-14/h1-2,4,7-8,10,13-14H,3,5-6H2/t8-,10+/m0/s1. The van der Waals surface area contributed by atoms with Gasteiger partial charge in [0.1, 0.15) is 0 Å². The fraction of sp³-hybridized carbons (Fsp3) is 0.455. The lowest BCUT2D eigenvalue weighted by atomic mass is 10.1. The van der Waals surface area contributed by atoms with Gasteiger partial charge in [-0.25, -0.2) is 0 Å². The fourth-order valence-electron chi connectivity index (χ4n) is 1.75. The number of hydrogen-bond donors (Lipinski definition) is 2. The average Bonchev–Trinajstić information content (AvgIpc) is 2.83. The molecule has 0 saturated heterocycles. The fourth-order valence-corrected chi connectivity index (χ4v) is 2.96. The maximum absolute atomic E-state index is 8.99.